The summed E-state index contributed by atoms with van der Waals surface area (Å²) in [5.41, 5.74) is 4.33. The summed E-state index contributed by atoms with van der Waals surface area (Å²) < 4.78 is 1.61. The number of rotatable bonds is 6. The molecule has 0 saturated heterocycles. The number of hydrogen-bond acceptors (Lipinski definition) is 4. The summed E-state index contributed by atoms with van der Waals surface area (Å²) in [6.45, 7) is 7.93. The maximum atomic E-state index is 12.5. The fourth-order valence-electron chi connectivity index (χ4n) is 3.22. The summed E-state index contributed by atoms with van der Waals surface area (Å²) in [7, 11) is 0. The van der Waals surface area contributed by atoms with Gasteiger partial charge in [0.25, 0.3) is 5.91 Å². The third-order valence-electron chi connectivity index (χ3n) is 4.89. The second-order valence-electron chi connectivity index (χ2n) is 7.37. The Hall–Kier alpha value is -3.48. The van der Waals surface area contributed by atoms with E-state index in [0.29, 0.717) is 29.4 Å². The monoisotopic (exact) mass is 392 g/mol. The van der Waals surface area contributed by atoms with E-state index in [2.05, 4.69) is 24.3 Å². The molecule has 0 bridgehead atoms. The van der Waals surface area contributed by atoms with Crippen LogP contribution in [0.25, 0.3) is 0 Å². The molecule has 0 radical (unpaired) electrons. The van der Waals surface area contributed by atoms with Gasteiger partial charge in [-0.3, -0.25) is 19.6 Å². The van der Waals surface area contributed by atoms with E-state index in [1.807, 2.05) is 36.4 Å². The molecule has 150 valence electrons. The lowest BCUT2D eigenvalue weighted by Crippen LogP contribution is -2.12. The Morgan fingerprint density at radius 3 is 2.45 bits per heavy atom. The van der Waals surface area contributed by atoms with Crippen molar-refractivity contribution in [1.29, 1.82) is 0 Å². The molecule has 0 unspecified atom stereocenters. The van der Waals surface area contributed by atoms with Crippen molar-refractivity contribution < 1.29 is 9.72 Å². The van der Waals surface area contributed by atoms with Crippen molar-refractivity contribution in [2.45, 2.75) is 40.2 Å². The number of benzene rings is 2. The van der Waals surface area contributed by atoms with Gasteiger partial charge in [-0.15, -0.1) is 0 Å². The molecule has 0 aliphatic heterocycles. The van der Waals surface area contributed by atoms with E-state index in [-0.39, 0.29) is 11.6 Å². The van der Waals surface area contributed by atoms with Gasteiger partial charge < -0.3 is 5.32 Å². The van der Waals surface area contributed by atoms with Gasteiger partial charge in [0.15, 0.2) is 0 Å². The molecule has 7 nitrogen and oxygen atoms in total. The van der Waals surface area contributed by atoms with Crippen molar-refractivity contribution in [1.82, 2.24) is 9.78 Å². The van der Waals surface area contributed by atoms with Crippen LogP contribution < -0.4 is 5.32 Å². The van der Waals surface area contributed by atoms with E-state index in [1.165, 1.54) is 0 Å². The Labute approximate surface area is 169 Å². The normalized spacial score (nSPS) is 10.9. The van der Waals surface area contributed by atoms with E-state index < -0.39 is 4.92 Å². The molecule has 2 aromatic carbocycles. The molecule has 29 heavy (non-hydrogen) atoms. The van der Waals surface area contributed by atoms with Gasteiger partial charge in [0.2, 0.25) is 0 Å². The molecule has 0 saturated carbocycles. The predicted molar refractivity (Wildman–Crippen MR) is 112 cm³/mol. The summed E-state index contributed by atoms with van der Waals surface area (Å²) in [5, 5.41) is 18.3. The summed E-state index contributed by atoms with van der Waals surface area (Å²) in [6, 6.07) is 15.0. The molecule has 1 amide bonds. The number of hydrogen-bond donors (Lipinski definition) is 1. The number of amides is 1. The zero-order valence-electron chi connectivity index (χ0n) is 17.0. The molecule has 1 N–H and O–H groups in total. The van der Waals surface area contributed by atoms with Gasteiger partial charge >= 0.3 is 5.69 Å². The first-order chi connectivity index (χ1) is 13.8. The van der Waals surface area contributed by atoms with Crippen LogP contribution in [0, 0.1) is 24.0 Å². The van der Waals surface area contributed by atoms with Crippen LogP contribution in [0.3, 0.4) is 0 Å². The van der Waals surface area contributed by atoms with Crippen molar-refractivity contribution >= 4 is 17.3 Å². The van der Waals surface area contributed by atoms with Crippen molar-refractivity contribution in [2.75, 3.05) is 5.32 Å². The topological polar surface area (TPSA) is 90.1 Å². The van der Waals surface area contributed by atoms with Crippen molar-refractivity contribution in [3.8, 4) is 0 Å². The van der Waals surface area contributed by atoms with Crippen LogP contribution in [0.2, 0.25) is 0 Å². The standard InChI is InChI=1S/C22H24N4O3/c1-14(2)19-6-5-7-20(12-19)23-22(27)18-10-8-17(9-11-18)13-25-16(4)21(26(28)29)15(3)24-25/h5-12,14H,13H2,1-4H3,(H,23,27). The lowest BCUT2D eigenvalue weighted by atomic mass is 10.0. The Morgan fingerprint density at radius 2 is 1.86 bits per heavy atom. The average molecular weight is 392 g/mol. The van der Waals surface area contributed by atoms with Crippen molar-refractivity contribution in [3.05, 3.63) is 86.7 Å². The molecule has 0 fully saturated rings. The molecule has 1 aromatic heterocycles. The van der Waals surface area contributed by atoms with Crippen molar-refractivity contribution in [3.63, 3.8) is 0 Å². The number of carbonyl (C=O) groups excluding carboxylic acids is 1. The number of nitrogens with one attached hydrogen (secondary N) is 1. The maximum Gasteiger partial charge on any atom is 0.312 e. The molecular formula is C22H24N4O3. The lowest BCUT2D eigenvalue weighted by Gasteiger charge is -2.10. The molecule has 3 rings (SSSR count). The van der Waals surface area contributed by atoms with Gasteiger partial charge in [0.05, 0.1) is 11.5 Å². The van der Waals surface area contributed by atoms with Gasteiger partial charge in [0.1, 0.15) is 11.4 Å². The molecule has 3 aromatic rings. The van der Waals surface area contributed by atoms with Gasteiger partial charge in [-0.25, -0.2) is 0 Å². The quantitative estimate of drug-likeness (QED) is 0.480. The highest BCUT2D eigenvalue weighted by Gasteiger charge is 2.21. The molecular weight excluding hydrogens is 368 g/mol. The average Bonchev–Trinajstić information content (AvgIpc) is 2.95. The number of carbonyl (C=O) groups is 1. The van der Waals surface area contributed by atoms with Crippen LogP contribution in [0.1, 0.15) is 52.6 Å². The second-order valence-corrected chi connectivity index (χ2v) is 7.37. The van der Waals surface area contributed by atoms with Gasteiger partial charge in [-0.2, -0.15) is 5.10 Å². The predicted octanol–water partition coefficient (Wildman–Crippen LogP) is 4.83. The summed E-state index contributed by atoms with van der Waals surface area (Å²) in [4.78, 5) is 23.3. The van der Waals surface area contributed by atoms with Crippen LogP contribution in [0.15, 0.2) is 48.5 Å². The van der Waals surface area contributed by atoms with Crippen LogP contribution in [0.5, 0.6) is 0 Å². The minimum Gasteiger partial charge on any atom is -0.322 e. The third kappa shape index (κ3) is 4.51. The van der Waals surface area contributed by atoms with Gasteiger partial charge in [-0.1, -0.05) is 38.1 Å². The van der Waals surface area contributed by atoms with Crippen LogP contribution >= 0.6 is 0 Å². The molecule has 1 heterocycles. The fraction of sp³-hybridized carbons (Fsp3) is 0.273. The Kier molecular flexibility index (Phi) is 5.77. The Bertz CT molecular complexity index is 1050. The highest BCUT2D eigenvalue weighted by Crippen LogP contribution is 2.23. The van der Waals surface area contributed by atoms with Crippen LogP contribution in [-0.4, -0.2) is 20.6 Å². The molecule has 0 aliphatic rings. The zero-order valence-corrected chi connectivity index (χ0v) is 17.0. The highest BCUT2D eigenvalue weighted by atomic mass is 16.6. The first-order valence-electron chi connectivity index (χ1n) is 9.45. The Balaban J connectivity index is 1.72. The summed E-state index contributed by atoms with van der Waals surface area (Å²) >= 11 is 0. The minimum absolute atomic E-state index is 0.0459. The number of nitrogens with zero attached hydrogens (tertiary/aromatic N) is 3. The number of nitro groups is 1. The zero-order chi connectivity index (χ0) is 21.1. The van der Waals surface area contributed by atoms with E-state index in [4.69, 9.17) is 0 Å². The van der Waals surface area contributed by atoms with E-state index in [9.17, 15) is 14.9 Å². The summed E-state index contributed by atoms with van der Waals surface area (Å²) in [6.07, 6.45) is 0. The fourth-order valence-corrected chi connectivity index (χ4v) is 3.22. The van der Waals surface area contributed by atoms with Crippen molar-refractivity contribution in [2.24, 2.45) is 0 Å². The number of aromatic nitrogens is 2. The molecule has 0 spiro atoms. The largest absolute Gasteiger partial charge is 0.322 e. The maximum absolute atomic E-state index is 12.5. The number of aryl methyl sites for hydroxylation is 1. The second kappa shape index (κ2) is 8.26. The van der Waals surface area contributed by atoms with Gasteiger partial charge in [-0.05, 0) is 55.2 Å². The van der Waals surface area contributed by atoms with Crippen LogP contribution in [-0.2, 0) is 6.54 Å². The first-order valence-corrected chi connectivity index (χ1v) is 9.45. The molecule has 0 aliphatic carbocycles. The Morgan fingerprint density at radius 1 is 1.17 bits per heavy atom. The van der Waals surface area contributed by atoms with Gasteiger partial charge in [0, 0.05) is 11.3 Å². The van der Waals surface area contributed by atoms with E-state index in [1.54, 1.807) is 30.7 Å². The molecule has 0 atom stereocenters. The van der Waals surface area contributed by atoms with Crippen LogP contribution in [0.4, 0.5) is 11.4 Å². The summed E-state index contributed by atoms with van der Waals surface area (Å²) in [5.74, 6) is 0.204. The smallest absolute Gasteiger partial charge is 0.312 e. The van der Waals surface area contributed by atoms with E-state index in [0.717, 1.165) is 16.8 Å². The minimum atomic E-state index is -0.407. The molecule has 7 heteroatoms. The van der Waals surface area contributed by atoms with E-state index >= 15 is 0 Å². The SMILES string of the molecule is Cc1nn(Cc2ccc(C(=O)Nc3cccc(C(C)C)c3)cc2)c(C)c1[N+](=O)[O-]. The highest BCUT2D eigenvalue weighted by molar-refractivity contribution is 6.04. The third-order valence-corrected chi connectivity index (χ3v) is 4.89. The number of anilines is 1. The first kappa shape index (κ1) is 20.3. The lowest BCUT2D eigenvalue weighted by molar-refractivity contribution is -0.386.